The van der Waals surface area contributed by atoms with Crippen LogP contribution < -0.4 is 10.5 Å². The molecule has 0 saturated carbocycles. The number of hydrogen-bond donors (Lipinski definition) is 2. The topological polar surface area (TPSA) is 72.2 Å². The van der Waals surface area contributed by atoms with Crippen LogP contribution in [0, 0.1) is 12.7 Å². The van der Waals surface area contributed by atoms with Crippen molar-refractivity contribution in [1.82, 2.24) is 0 Å². The highest BCUT2D eigenvalue weighted by atomic mass is 35.5. The fourth-order valence-corrected chi connectivity index (χ4v) is 3.15. The average molecular weight is 349 g/mol. The van der Waals surface area contributed by atoms with Gasteiger partial charge in [0.1, 0.15) is 5.82 Å². The van der Waals surface area contributed by atoms with Crippen molar-refractivity contribution >= 4 is 44.6 Å². The highest BCUT2D eigenvalue weighted by Crippen LogP contribution is 2.28. The molecule has 21 heavy (non-hydrogen) atoms. The Morgan fingerprint density at radius 3 is 2.43 bits per heavy atom. The predicted octanol–water partition coefficient (Wildman–Crippen LogP) is 3.82. The second kappa shape index (κ2) is 5.71. The van der Waals surface area contributed by atoms with Gasteiger partial charge in [-0.05, 0) is 42.8 Å². The lowest BCUT2D eigenvalue weighted by atomic mass is 10.2. The third-order valence-electron chi connectivity index (χ3n) is 2.74. The highest BCUT2D eigenvalue weighted by molar-refractivity contribution is 7.92. The summed E-state index contributed by atoms with van der Waals surface area (Å²) in [6.07, 6.45) is 0. The van der Waals surface area contributed by atoms with Gasteiger partial charge in [-0.2, -0.15) is 0 Å². The predicted molar refractivity (Wildman–Crippen MR) is 82.8 cm³/mol. The fourth-order valence-electron chi connectivity index (χ4n) is 1.69. The van der Waals surface area contributed by atoms with Gasteiger partial charge in [0.2, 0.25) is 0 Å². The summed E-state index contributed by atoms with van der Waals surface area (Å²) in [4.78, 5) is -0.0395. The van der Waals surface area contributed by atoms with Crippen LogP contribution in [0.2, 0.25) is 10.0 Å². The SMILES string of the molecule is Cc1cc(S(=O)(=O)Nc2ccc(F)c(Cl)c2)cc(N)c1Cl. The van der Waals surface area contributed by atoms with E-state index in [2.05, 4.69) is 4.72 Å². The molecule has 0 unspecified atom stereocenters. The summed E-state index contributed by atoms with van der Waals surface area (Å²) in [5.74, 6) is -0.633. The third-order valence-corrected chi connectivity index (χ3v) is 4.90. The van der Waals surface area contributed by atoms with Gasteiger partial charge in [0, 0.05) is 0 Å². The van der Waals surface area contributed by atoms with Crippen molar-refractivity contribution in [2.24, 2.45) is 0 Å². The van der Waals surface area contributed by atoms with Crippen molar-refractivity contribution in [3.63, 3.8) is 0 Å². The molecule has 0 amide bonds. The lowest BCUT2D eigenvalue weighted by molar-refractivity contribution is 0.601. The zero-order valence-electron chi connectivity index (χ0n) is 10.8. The van der Waals surface area contributed by atoms with Gasteiger partial charge < -0.3 is 5.73 Å². The molecular weight excluding hydrogens is 338 g/mol. The molecule has 8 heteroatoms. The van der Waals surface area contributed by atoms with E-state index in [1.165, 1.54) is 24.3 Å². The Bertz CT molecular complexity index is 787. The molecule has 0 fully saturated rings. The van der Waals surface area contributed by atoms with Crippen LogP contribution in [0.4, 0.5) is 15.8 Å². The summed E-state index contributed by atoms with van der Waals surface area (Å²) >= 11 is 11.5. The van der Waals surface area contributed by atoms with Gasteiger partial charge in [-0.3, -0.25) is 4.72 Å². The lowest BCUT2D eigenvalue weighted by Gasteiger charge is -2.11. The molecule has 0 heterocycles. The van der Waals surface area contributed by atoms with E-state index in [1.54, 1.807) is 6.92 Å². The Labute approximate surface area is 131 Å². The molecule has 0 atom stereocenters. The summed E-state index contributed by atoms with van der Waals surface area (Å²) in [7, 11) is -3.87. The van der Waals surface area contributed by atoms with Crippen molar-refractivity contribution in [1.29, 1.82) is 0 Å². The molecule has 0 spiro atoms. The first-order valence-corrected chi connectivity index (χ1v) is 7.98. The Balaban J connectivity index is 2.40. The van der Waals surface area contributed by atoms with E-state index >= 15 is 0 Å². The van der Waals surface area contributed by atoms with Gasteiger partial charge in [-0.25, -0.2) is 12.8 Å². The number of nitrogens with one attached hydrogen (secondary N) is 1. The monoisotopic (exact) mass is 348 g/mol. The Kier molecular flexibility index (Phi) is 4.32. The molecule has 2 aromatic rings. The van der Waals surface area contributed by atoms with E-state index in [1.807, 2.05) is 0 Å². The maximum atomic E-state index is 13.1. The average Bonchev–Trinajstić information content (AvgIpc) is 2.39. The van der Waals surface area contributed by atoms with Crippen LogP contribution in [-0.4, -0.2) is 8.42 Å². The minimum atomic E-state index is -3.87. The Hall–Kier alpha value is -1.50. The third kappa shape index (κ3) is 3.40. The Morgan fingerprint density at radius 1 is 1.19 bits per heavy atom. The molecule has 3 N–H and O–H groups in total. The van der Waals surface area contributed by atoms with E-state index < -0.39 is 15.8 Å². The molecular formula is C13H11Cl2FN2O2S. The summed E-state index contributed by atoms with van der Waals surface area (Å²) < 4.78 is 39.9. The van der Waals surface area contributed by atoms with Gasteiger partial charge in [0.15, 0.2) is 0 Å². The molecule has 0 aliphatic rings. The minimum absolute atomic E-state index is 0.0395. The summed E-state index contributed by atoms with van der Waals surface area (Å²) in [5.41, 5.74) is 6.50. The molecule has 0 aliphatic carbocycles. The number of anilines is 2. The summed E-state index contributed by atoms with van der Waals surface area (Å²) in [6, 6.07) is 6.17. The van der Waals surface area contributed by atoms with Gasteiger partial charge in [-0.1, -0.05) is 23.2 Å². The van der Waals surface area contributed by atoms with Gasteiger partial charge in [-0.15, -0.1) is 0 Å². The van der Waals surface area contributed by atoms with Gasteiger partial charge >= 0.3 is 0 Å². The molecule has 0 aliphatic heterocycles. The fraction of sp³-hybridized carbons (Fsp3) is 0.0769. The first-order valence-electron chi connectivity index (χ1n) is 5.74. The van der Waals surface area contributed by atoms with E-state index in [0.717, 1.165) is 6.07 Å². The second-order valence-electron chi connectivity index (χ2n) is 4.38. The molecule has 0 radical (unpaired) electrons. The number of sulfonamides is 1. The first kappa shape index (κ1) is 15.9. The van der Waals surface area contributed by atoms with Crippen LogP contribution in [0.5, 0.6) is 0 Å². The number of benzene rings is 2. The van der Waals surface area contributed by atoms with Crippen LogP contribution >= 0.6 is 23.2 Å². The molecule has 0 saturated heterocycles. The molecule has 0 bridgehead atoms. The molecule has 4 nitrogen and oxygen atoms in total. The van der Waals surface area contributed by atoms with E-state index in [4.69, 9.17) is 28.9 Å². The first-order chi connectivity index (χ1) is 9.70. The van der Waals surface area contributed by atoms with Crippen LogP contribution in [0.3, 0.4) is 0 Å². The molecule has 2 aromatic carbocycles. The molecule has 112 valence electrons. The van der Waals surface area contributed by atoms with Crippen LogP contribution in [0.15, 0.2) is 35.2 Å². The second-order valence-corrected chi connectivity index (χ2v) is 6.85. The molecule has 2 rings (SSSR count). The van der Waals surface area contributed by atoms with Crippen molar-refractivity contribution in [3.05, 3.63) is 51.8 Å². The summed E-state index contributed by atoms with van der Waals surface area (Å²) in [5, 5.41) is 0.126. The maximum absolute atomic E-state index is 13.1. The van der Waals surface area contributed by atoms with Crippen molar-refractivity contribution < 1.29 is 12.8 Å². The van der Waals surface area contributed by atoms with Crippen molar-refractivity contribution in [2.45, 2.75) is 11.8 Å². The van der Waals surface area contributed by atoms with Crippen LogP contribution in [0.1, 0.15) is 5.56 Å². The smallest absolute Gasteiger partial charge is 0.261 e. The minimum Gasteiger partial charge on any atom is -0.397 e. The quantitative estimate of drug-likeness (QED) is 0.828. The van der Waals surface area contributed by atoms with Crippen molar-refractivity contribution in [2.75, 3.05) is 10.5 Å². The lowest BCUT2D eigenvalue weighted by Crippen LogP contribution is -2.13. The number of rotatable bonds is 3. The van der Waals surface area contributed by atoms with Crippen LogP contribution in [-0.2, 0) is 10.0 Å². The zero-order valence-corrected chi connectivity index (χ0v) is 13.2. The summed E-state index contributed by atoms with van der Waals surface area (Å²) in [6.45, 7) is 1.65. The van der Waals surface area contributed by atoms with Gasteiger partial charge in [0.05, 0.1) is 26.3 Å². The number of hydrogen-bond acceptors (Lipinski definition) is 3. The number of nitrogens with two attached hydrogens (primary N) is 1. The maximum Gasteiger partial charge on any atom is 0.261 e. The number of aryl methyl sites for hydroxylation is 1. The number of halogens is 3. The largest absolute Gasteiger partial charge is 0.397 e. The normalized spacial score (nSPS) is 11.4. The van der Waals surface area contributed by atoms with Gasteiger partial charge in [0.25, 0.3) is 10.0 Å². The van der Waals surface area contributed by atoms with E-state index in [-0.39, 0.29) is 21.3 Å². The van der Waals surface area contributed by atoms with Crippen molar-refractivity contribution in [3.8, 4) is 0 Å². The number of nitrogen functional groups attached to an aromatic ring is 1. The van der Waals surface area contributed by atoms with Crippen LogP contribution in [0.25, 0.3) is 0 Å². The Morgan fingerprint density at radius 2 is 1.86 bits per heavy atom. The molecule has 0 aromatic heterocycles. The van der Waals surface area contributed by atoms with E-state index in [0.29, 0.717) is 10.6 Å². The standard InChI is InChI=1S/C13H11Cl2FN2O2S/c1-7-4-9(6-12(17)13(7)15)21(19,20)18-8-2-3-11(16)10(14)5-8/h2-6,18H,17H2,1H3. The highest BCUT2D eigenvalue weighted by Gasteiger charge is 2.17. The zero-order chi connectivity index (χ0) is 15.8. The van der Waals surface area contributed by atoms with E-state index in [9.17, 15) is 12.8 Å².